The number of benzene rings is 2. The highest BCUT2D eigenvalue weighted by Gasteiger charge is 2.10. The highest BCUT2D eigenvalue weighted by Crippen LogP contribution is 2.28. The number of hydrogen-bond acceptors (Lipinski definition) is 1. The maximum absolute atomic E-state index is 3.51. The molecule has 0 aliphatic carbocycles. The molecule has 0 aliphatic rings. The molecule has 1 heteroatoms. The molecule has 2 rings (SSSR count). The van der Waals surface area contributed by atoms with E-state index in [-0.39, 0.29) is 0 Å². The van der Waals surface area contributed by atoms with E-state index in [2.05, 4.69) is 74.6 Å². The fraction of sp³-hybridized carbons (Fsp3) is 0.400. The lowest BCUT2D eigenvalue weighted by Crippen LogP contribution is -2.18. The van der Waals surface area contributed by atoms with Gasteiger partial charge in [-0.15, -0.1) is 0 Å². The average molecular weight is 281 g/mol. The molecule has 0 radical (unpaired) electrons. The summed E-state index contributed by atoms with van der Waals surface area (Å²) in [6.45, 7) is 7.62. The number of unbranched alkanes of at least 4 members (excludes halogenated alkanes) is 1. The van der Waals surface area contributed by atoms with Gasteiger partial charge in [0.05, 0.1) is 0 Å². The molecule has 0 bridgehead atoms. The van der Waals surface area contributed by atoms with Crippen LogP contribution >= 0.6 is 0 Å². The van der Waals surface area contributed by atoms with Crippen LogP contribution in [0.3, 0.4) is 0 Å². The fourth-order valence-electron chi connectivity index (χ4n) is 2.79. The molecule has 1 nitrogen and oxygen atoms in total. The molecule has 112 valence electrons. The Hall–Kier alpha value is -1.60. The summed E-state index contributed by atoms with van der Waals surface area (Å²) >= 11 is 0. The van der Waals surface area contributed by atoms with Gasteiger partial charge in [0.15, 0.2) is 0 Å². The maximum atomic E-state index is 3.51. The van der Waals surface area contributed by atoms with E-state index in [1.54, 1.807) is 0 Å². The number of hydrogen-bond donors (Lipinski definition) is 1. The second kappa shape index (κ2) is 7.99. The first-order chi connectivity index (χ1) is 10.3. The van der Waals surface area contributed by atoms with Crippen LogP contribution < -0.4 is 5.32 Å². The zero-order chi connectivity index (χ0) is 15.1. The molecule has 21 heavy (non-hydrogen) atoms. The van der Waals surface area contributed by atoms with Gasteiger partial charge in [0.1, 0.15) is 0 Å². The normalized spacial score (nSPS) is 12.3. The summed E-state index contributed by atoms with van der Waals surface area (Å²) in [6.07, 6.45) is 3.71. The topological polar surface area (TPSA) is 12.0 Å². The smallest absolute Gasteiger partial charge is 0.0297 e. The Labute approximate surface area is 129 Å². The Morgan fingerprint density at radius 2 is 1.67 bits per heavy atom. The van der Waals surface area contributed by atoms with Crippen molar-refractivity contribution in [1.29, 1.82) is 0 Å². The molecule has 0 amide bonds. The Kier molecular flexibility index (Phi) is 6.01. The predicted molar refractivity (Wildman–Crippen MR) is 92.6 cm³/mol. The van der Waals surface area contributed by atoms with Gasteiger partial charge < -0.3 is 5.32 Å². The van der Waals surface area contributed by atoms with E-state index in [9.17, 15) is 0 Å². The summed E-state index contributed by atoms with van der Waals surface area (Å²) in [4.78, 5) is 0. The van der Waals surface area contributed by atoms with Crippen molar-refractivity contribution >= 4 is 0 Å². The highest BCUT2D eigenvalue weighted by molar-refractivity contribution is 5.68. The van der Waals surface area contributed by atoms with Crippen LogP contribution in [0.2, 0.25) is 0 Å². The van der Waals surface area contributed by atoms with Crippen molar-refractivity contribution < 1.29 is 0 Å². The van der Waals surface area contributed by atoms with Crippen molar-refractivity contribution in [3.63, 3.8) is 0 Å². The van der Waals surface area contributed by atoms with Crippen LogP contribution in [0.5, 0.6) is 0 Å². The van der Waals surface area contributed by atoms with Crippen LogP contribution in [0.15, 0.2) is 48.5 Å². The minimum atomic E-state index is 0.381. The Morgan fingerprint density at radius 1 is 0.952 bits per heavy atom. The predicted octanol–water partition coefficient (Wildman–Crippen LogP) is 5.37. The van der Waals surface area contributed by atoms with Crippen LogP contribution in [0.25, 0.3) is 11.1 Å². The van der Waals surface area contributed by atoms with Crippen molar-refractivity contribution in [3.8, 4) is 11.1 Å². The molecule has 0 saturated carbocycles. The third kappa shape index (κ3) is 4.18. The first kappa shape index (κ1) is 15.8. The van der Waals surface area contributed by atoms with Gasteiger partial charge in [-0.05, 0) is 48.6 Å². The van der Waals surface area contributed by atoms with E-state index in [1.165, 1.54) is 41.5 Å². The molecular formula is C20H27N. The molecule has 0 heterocycles. The standard InChI is InChI=1S/C20H27N/c1-4-6-9-17-12-14-18(15-13-17)20-11-8-7-10-19(20)16(3)21-5-2/h7-8,10-16,21H,4-6,9H2,1-3H3. The maximum Gasteiger partial charge on any atom is 0.0297 e. The number of nitrogens with one attached hydrogen (secondary N) is 1. The lowest BCUT2D eigenvalue weighted by Gasteiger charge is -2.17. The zero-order valence-electron chi connectivity index (χ0n) is 13.5. The fourth-order valence-corrected chi connectivity index (χ4v) is 2.79. The van der Waals surface area contributed by atoms with Gasteiger partial charge in [0, 0.05) is 6.04 Å². The monoisotopic (exact) mass is 281 g/mol. The second-order valence-corrected chi connectivity index (χ2v) is 5.67. The molecule has 0 spiro atoms. The van der Waals surface area contributed by atoms with Crippen molar-refractivity contribution in [2.75, 3.05) is 6.54 Å². The first-order valence-electron chi connectivity index (χ1n) is 8.17. The molecule has 1 unspecified atom stereocenters. The number of rotatable bonds is 7. The van der Waals surface area contributed by atoms with Gasteiger partial charge in [-0.1, -0.05) is 68.8 Å². The lowest BCUT2D eigenvalue weighted by molar-refractivity contribution is 0.599. The second-order valence-electron chi connectivity index (χ2n) is 5.67. The van der Waals surface area contributed by atoms with Crippen LogP contribution in [-0.4, -0.2) is 6.54 Å². The molecule has 1 atom stereocenters. The summed E-state index contributed by atoms with van der Waals surface area (Å²) in [5, 5.41) is 3.51. The summed E-state index contributed by atoms with van der Waals surface area (Å²) < 4.78 is 0. The average Bonchev–Trinajstić information content (AvgIpc) is 2.53. The van der Waals surface area contributed by atoms with E-state index in [4.69, 9.17) is 0 Å². The van der Waals surface area contributed by atoms with E-state index < -0.39 is 0 Å². The van der Waals surface area contributed by atoms with Crippen LogP contribution in [0.1, 0.15) is 50.8 Å². The summed E-state index contributed by atoms with van der Waals surface area (Å²) in [6, 6.07) is 18.2. The summed E-state index contributed by atoms with van der Waals surface area (Å²) in [7, 11) is 0. The minimum absolute atomic E-state index is 0.381. The molecule has 2 aromatic carbocycles. The van der Waals surface area contributed by atoms with Crippen LogP contribution in [0, 0.1) is 0 Å². The van der Waals surface area contributed by atoms with Crippen molar-refractivity contribution in [1.82, 2.24) is 5.32 Å². The van der Waals surface area contributed by atoms with Crippen molar-refractivity contribution in [2.45, 2.75) is 46.1 Å². The lowest BCUT2D eigenvalue weighted by atomic mass is 9.94. The number of aryl methyl sites for hydroxylation is 1. The Bertz CT molecular complexity index is 542. The summed E-state index contributed by atoms with van der Waals surface area (Å²) in [5.41, 5.74) is 5.47. The van der Waals surface area contributed by atoms with Crippen molar-refractivity contribution in [3.05, 3.63) is 59.7 Å². The molecule has 0 fully saturated rings. The van der Waals surface area contributed by atoms with E-state index in [0.29, 0.717) is 6.04 Å². The highest BCUT2D eigenvalue weighted by atomic mass is 14.9. The van der Waals surface area contributed by atoms with Gasteiger partial charge in [0.25, 0.3) is 0 Å². The molecule has 0 aromatic heterocycles. The zero-order valence-corrected chi connectivity index (χ0v) is 13.5. The first-order valence-corrected chi connectivity index (χ1v) is 8.17. The van der Waals surface area contributed by atoms with Crippen LogP contribution in [0.4, 0.5) is 0 Å². The minimum Gasteiger partial charge on any atom is -0.310 e. The van der Waals surface area contributed by atoms with E-state index in [0.717, 1.165) is 6.54 Å². The molecule has 0 aliphatic heterocycles. The molecular weight excluding hydrogens is 254 g/mol. The summed E-state index contributed by atoms with van der Waals surface area (Å²) in [5.74, 6) is 0. The third-order valence-corrected chi connectivity index (χ3v) is 4.02. The van der Waals surface area contributed by atoms with Gasteiger partial charge in [-0.2, -0.15) is 0 Å². The quantitative estimate of drug-likeness (QED) is 0.719. The van der Waals surface area contributed by atoms with Gasteiger partial charge >= 0.3 is 0 Å². The van der Waals surface area contributed by atoms with Gasteiger partial charge in [0.2, 0.25) is 0 Å². The largest absolute Gasteiger partial charge is 0.310 e. The Balaban J connectivity index is 2.25. The van der Waals surface area contributed by atoms with Gasteiger partial charge in [-0.25, -0.2) is 0 Å². The van der Waals surface area contributed by atoms with Crippen LogP contribution in [-0.2, 0) is 6.42 Å². The Morgan fingerprint density at radius 3 is 2.33 bits per heavy atom. The SMILES string of the molecule is CCCCc1ccc(-c2ccccc2C(C)NCC)cc1. The molecule has 2 aromatic rings. The molecule has 1 N–H and O–H groups in total. The van der Waals surface area contributed by atoms with Crippen molar-refractivity contribution in [2.24, 2.45) is 0 Å². The van der Waals surface area contributed by atoms with E-state index >= 15 is 0 Å². The van der Waals surface area contributed by atoms with E-state index in [1.807, 2.05) is 0 Å². The van der Waals surface area contributed by atoms with Gasteiger partial charge in [-0.3, -0.25) is 0 Å². The third-order valence-electron chi connectivity index (χ3n) is 4.02. The molecule has 0 saturated heterocycles.